The quantitative estimate of drug-likeness (QED) is 0.453. The fourth-order valence-corrected chi connectivity index (χ4v) is 2.32. The summed E-state index contributed by atoms with van der Waals surface area (Å²) < 4.78 is 0. The van der Waals surface area contributed by atoms with Crippen LogP contribution < -0.4 is 16.0 Å². The highest BCUT2D eigenvalue weighted by Gasteiger charge is 2.10. The molecule has 0 spiro atoms. The number of carbonyl (C=O) groups is 1. The second-order valence-electron chi connectivity index (χ2n) is 5.50. The second-order valence-corrected chi connectivity index (χ2v) is 5.50. The lowest BCUT2D eigenvalue weighted by molar-refractivity contribution is -0.384. The summed E-state index contributed by atoms with van der Waals surface area (Å²) in [6, 6.07) is 12.3. The Hall–Kier alpha value is -4.01. The number of amides is 2. The number of carbonyl (C=O) groups excluding carboxylic acids is 1. The van der Waals surface area contributed by atoms with Crippen molar-refractivity contribution in [3.8, 4) is 0 Å². The molecule has 0 aliphatic heterocycles. The van der Waals surface area contributed by atoms with Gasteiger partial charge < -0.3 is 16.0 Å². The van der Waals surface area contributed by atoms with Crippen LogP contribution in [0.1, 0.15) is 5.56 Å². The maximum atomic E-state index is 12.2. The molecule has 3 rings (SSSR count). The van der Waals surface area contributed by atoms with E-state index in [-0.39, 0.29) is 5.69 Å². The molecule has 9 heteroatoms. The van der Waals surface area contributed by atoms with Gasteiger partial charge in [0, 0.05) is 43.0 Å². The zero-order valence-corrected chi connectivity index (χ0v) is 14.1. The van der Waals surface area contributed by atoms with Crippen LogP contribution in [0, 0.1) is 10.1 Å². The highest BCUT2D eigenvalue weighted by molar-refractivity contribution is 6.01. The van der Waals surface area contributed by atoms with Crippen LogP contribution >= 0.6 is 0 Å². The summed E-state index contributed by atoms with van der Waals surface area (Å²) in [4.78, 5) is 30.7. The monoisotopic (exact) mass is 364 g/mol. The summed E-state index contributed by atoms with van der Waals surface area (Å²) in [7, 11) is 0. The molecule has 136 valence electrons. The van der Waals surface area contributed by atoms with Crippen LogP contribution in [0.4, 0.5) is 27.7 Å². The third-order valence-electron chi connectivity index (χ3n) is 3.58. The predicted molar refractivity (Wildman–Crippen MR) is 102 cm³/mol. The molecule has 0 aliphatic carbocycles. The minimum absolute atomic E-state index is 0.103. The van der Waals surface area contributed by atoms with E-state index < -0.39 is 11.0 Å². The van der Waals surface area contributed by atoms with E-state index in [9.17, 15) is 14.9 Å². The minimum atomic E-state index is -0.532. The molecule has 0 unspecified atom stereocenters. The lowest BCUT2D eigenvalue weighted by atomic mass is 10.2. The lowest BCUT2D eigenvalue weighted by Crippen LogP contribution is -2.20. The number of nitro benzene ring substituents is 1. The first-order chi connectivity index (χ1) is 13.1. The average Bonchev–Trinajstić information content (AvgIpc) is 2.68. The van der Waals surface area contributed by atoms with Crippen molar-refractivity contribution in [3.63, 3.8) is 0 Å². The van der Waals surface area contributed by atoms with Crippen molar-refractivity contribution < 1.29 is 9.72 Å². The molecule has 9 nitrogen and oxygen atoms in total. The van der Waals surface area contributed by atoms with E-state index >= 15 is 0 Å². The minimum Gasteiger partial charge on any atom is -0.364 e. The molecule has 27 heavy (non-hydrogen) atoms. The Kier molecular flexibility index (Phi) is 5.53. The molecule has 2 aromatic heterocycles. The number of nitrogens with one attached hydrogen (secondary N) is 3. The molecule has 0 saturated carbocycles. The SMILES string of the molecule is O=C(Nc1cccc([N+](=O)[O-])c1)Nc1cccnc1NCc1ccncc1. The van der Waals surface area contributed by atoms with Gasteiger partial charge >= 0.3 is 6.03 Å². The Morgan fingerprint density at radius 3 is 2.63 bits per heavy atom. The second kappa shape index (κ2) is 8.39. The van der Waals surface area contributed by atoms with Crippen molar-refractivity contribution >= 4 is 28.9 Å². The number of pyridine rings is 2. The Bertz CT molecular complexity index is 949. The molecule has 0 fully saturated rings. The molecule has 2 heterocycles. The van der Waals surface area contributed by atoms with Crippen LogP contribution in [0.25, 0.3) is 0 Å². The Labute approximate surface area is 154 Å². The summed E-state index contributed by atoms with van der Waals surface area (Å²) >= 11 is 0. The van der Waals surface area contributed by atoms with Gasteiger partial charge in [0.05, 0.1) is 10.6 Å². The summed E-state index contributed by atoms with van der Waals surface area (Å²) in [6.07, 6.45) is 5.00. The van der Waals surface area contributed by atoms with Gasteiger partial charge in [0.15, 0.2) is 0 Å². The zero-order valence-electron chi connectivity index (χ0n) is 14.1. The fraction of sp³-hybridized carbons (Fsp3) is 0.0556. The van der Waals surface area contributed by atoms with Gasteiger partial charge in [-0.2, -0.15) is 0 Å². The fourth-order valence-electron chi connectivity index (χ4n) is 2.32. The molecule has 0 radical (unpaired) electrons. The van der Waals surface area contributed by atoms with Gasteiger partial charge in [-0.3, -0.25) is 15.1 Å². The Morgan fingerprint density at radius 1 is 1.04 bits per heavy atom. The number of anilines is 3. The number of non-ortho nitro benzene ring substituents is 1. The van der Waals surface area contributed by atoms with Gasteiger partial charge in [0.2, 0.25) is 0 Å². The van der Waals surface area contributed by atoms with Gasteiger partial charge in [-0.05, 0) is 35.9 Å². The number of hydrogen-bond acceptors (Lipinski definition) is 6. The summed E-state index contributed by atoms with van der Waals surface area (Å²) in [6.45, 7) is 0.515. The maximum Gasteiger partial charge on any atom is 0.323 e. The van der Waals surface area contributed by atoms with E-state index in [0.717, 1.165) is 5.56 Å². The summed E-state index contributed by atoms with van der Waals surface area (Å²) in [5, 5.41) is 19.2. The van der Waals surface area contributed by atoms with E-state index in [1.165, 1.54) is 18.2 Å². The van der Waals surface area contributed by atoms with E-state index in [4.69, 9.17) is 0 Å². The van der Waals surface area contributed by atoms with Crippen molar-refractivity contribution in [2.24, 2.45) is 0 Å². The van der Waals surface area contributed by atoms with Crippen LogP contribution in [0.5, 0.6) is 0 Å². The number of hydrogen-bond donors (Lipinski definition) is 3. The smallest absolute Gasteiger partial charge is 0.323 e. The number of nitrogens with zero attached hydrogens (tertiary/aromatic N) is 3. The van der Waals surface area contributed by atoms with Crippen LogP contribution in [0.3, 0.4) is 0 Å². The molecular weight excluding hydrogens is 348 g/mol. The number of rotatable bonds is 6. The first-order valence-corrected chi connectivity index (χ1v) is 8.02. The largest absolute Gasteiger partial charge is 0.364 e. The number of aromatic nitrogens is 2. The highest BCUT2D eigenvalue weighted by atomic mass is 16.6. The van der Waals surface area contributed by atoms with Crippen LogP contribution in [0.15, 0.2) is 67.1 Å². The zero-order chi connectivity index (χ0) is 19.1. The van der Waals surface area contributed by atoms with Crippen molar-refractivity contribution in [2.45, 2.75) is 6.54 Å². The van der Waals surface area contributed by atoms with Crippen molar-refractivity contribution in [2.75, 3.05) is 16.0 Å². The third kappa shape index (κ3) is 4.98. The van der Waals surface area contributed by atoms with Crippen LogP contribution in [-0.4, -0.2) is 20.9 Å². The number of urea groups is 1. The normalized spacial score (nSPS) is 10.1. The topological polar surface area (TPSA) is 122 Å². The third-order valence-corrected chi connectivity index (χ3v) is 3.58. The van der Waals surface area contributed by atoms with Gasteiger partial charge in [-0.1, -0.05) is 6.07 Å². The van der Waals surface area contributed by atoms with E-state index in [1.807, 2.05) is 12.1 Å². The molecule has 1 aromatic carbocycles. The molecule has 0 aliphatic rings. The Morgan fingerprint density at radius 2 is 1.85 bits per heavy atom. The standard InChI is InChI=1S/C18H16N6O3/c25-18(22-14-3-1-4-15(11-14)24(26)27)23-16-5-2-8-20-17(16)21-12-13-6-9-19-10-7-13/h1-11H,12H2,(H,20,21)(H2,22,23,25). The van der Waals surface area contributed by atoms with Crippen molar-refractivity contribution in [3.05, 3.63) is 82.8 Å². The highest BCUT2D eigenvalue weighted by Crippen LogP contribution is 2.20. The van der Waals surface area contributed by atoms with Crippen LogP contribution in [-0.2, 0) is 6.54 Å². The van der Waals surface area contributed by atoms with Crippen LogP contribution in [0.2, 0.25) is 0 Å². The van der Waals surface area contributed by atoms with Crippen molar-refractivity contribution in [1.82, 2.24) is 9.97 Å². The first-order valence-electron chi connectivity index (χ1n) is 8.02. The summed E-state index contributed by atoms with van der Waals surface area (Å²) in [5.74, 6) is 0.503. The first kappa shape index (κ1) is 17.8. The van der Waals surface area contributed by atoms with Crippen molar-refractivity contribution in [1.29, 1.82) is 0 Å². The average molecular weight is 364 g/mol. The molecule has 0 bridgehead atoms. The molecule has 0 atom stereocenters. The summed E-state index contributed by atoms with van der Waals surface area (Å²) in [5.41, 5.74) is 1.71. The molecule has 3 aromatic rings. The van der Waals surface area contributed by atoms with Gasteiger partial charge in [0.1, 0.15) is 5.82 Å². The number of nitro groups is 1. The van der Waals surface area contributed by atoms with E-state index in [2.05, 4.69) is 25.9 Å². The van der Waals surface area contributed by atoms with Gasteiger partial charge in [0.25, 0.3) is 5.69 Å². The predicted octanol–water partition coefficient (Wildman–Crippen LogP) is 3.64. The molecular formula is C18H16N6O3. The maximum absolute atomic E-state index is 12.2. The van der Waals surface area contributed by atoms with Gasteiger partial charge in [-0.15, -0.1) is 0 Å². The van der Waals surface area contributed by atoms with E-state index in [0.29, 0.717) is 23.7 Å². The number of benzene rings is 1. The lowest BCUT2D eigenvalue weighted by Gasteiger charge is -2.12. The molecule has 0 saturated heterocycles. The van der Waals surface area contributed by atoms with Gasteiger partial charge in [-0.25, -0.2) is 9.78 Å². The molecule has 2 amide bonds. The molecule has 3 N–H and O–H groups in total. The Balaban J connectivity index is 1.65. The van der Waals surface area contributed by atoms with E-state index in [1.54, 1.807) is 36.8 Å².